The van der Waals surface area contributed by atoms with Crippen LogP contribution in [0.1, 0.15) is 11.1 Å². The molecule has 2 aromatic heterocycles. The van der Waals surface area contributed by atoms with E-state index in [-0.39, 0.29) is 0 Å². The smallest absolute Gasteiger partial charge is 0.227 e. The van der Waals surface area contributed by atoms with Crippen LogP contribution in [0, 0.1) is 6.92 Å². The molecule has 0 atom stereocenters. The second-order valence-electron chi connectivity index (χ2n) is 6.20. The Morgan fingerprint density at radius 3 is 2.67 bits per heavy atom. The molecule has 0 saturated heterocycles. The summed E-state index contributed by atoms with van der Waals surface area (Å²) in [5.41, 5.74) is 3.00. The van der Waals surface area contributed by atoms with E-state index < -0.39 is 0 Å². The summed E-state index contributed by atoms with van der Waals surface area (Å²) in [7, 11) is 3.60. The summed E-state index contributed by atoms with van der Waals surface area (Å²) < 4.78 is 5.41. The lowest BCUT2D eigenvalue weighted by Crippen LogP contribution is -2.22. The highest BCUT2D eigenvalue weighted by atomic mass is 35.5. The van der Waals surface area contributed by atoms with Gasteiger partial charge >= 0.3 is 0 Å². The van der Waals surface area contributed by atoms with Gasteiger partial charge in [0.1, 0.15) is 11.6 Å². The summed E-state index contributed by atoms with van der Waals surface area (Å²) in [4.78, 5) is 15.1. The van der Waals surface area contributed by atoms with E-state index in [1.807, 2.05) is 43.1 Å². The number of likely N-dealkylation sites (N-methyl/N-ethyl adjacent to an activating group) is 1. The standard InChI is InChI=1S/C20H22ClN5O/c1-14-12-17(18(27-3)13-16(14)21)24-19-6-10-23-20(25-19)26(2)11-7-15-4-8-22-9-5-15/h4-6,8-10,12-13H,7,11H2,1-3H3,(H,23,24,25). The number of nitrogens with zero attached hydrogens (tertiary/aromatic N) is 4. The Kier molecular flexibility index (Phi) is 6.08. The van der Waals surface area contributed by atoms with E-state index in [0.717, 1.165) is 24.2 Å². The first kappa shape index (κ1) is 18.9. The highest BCUT2D eigenvalue weighted by Gasteiger charge is 2.10. The number of hydrogen-bond acceptors (Lipinski definition) is 6. The second kappa shape index (κ2) is 8.68. The molecule has 3 aromatic rings. The number of nitrogens with one attached hydrogen (secondary N) is 1. The molecule has 0 amide bonds. The zero-order chi connectivity index (χ0) is 19.2. The number of hydrogen-bond donors (Lipinski definition) is 1. The largest absolute Gasteiger partial charge is 0.495 e. The number of halogens is 1. The third kappa shape index (κ3) is 4.86. The van der Waals surface area contributed by atoms with E-state index in [9.17, 15) is 0 Å². The van der Waals surface area contributed by atoms with E-state index in [1.165, 1.54) is 5.56 Å². The molecular formula is C20H22ClN5O. The molecule has 3 rings (SSSR count). The number of pyridine rings is 1. The van der Waals surface area contributed by atoms with Crippen LogP contribution in [-0.2, 0) is 6.42 Å². The van der Waals surface area contributed by atoms with E-state index >= 15 is 0 Å². The van der Waals surface area contributed by atoms with Crippen molar-refractivity contribution in [1.29, 1.82) is 0 Å². The van der Waals surface area contributed by atoms with Crippen molar-refractivity contribution in [2.75, 3.05) is 30.9 Å². The summed E-state index contributed by atoms with van der Waals surface area (Å²) in [6.45, 7) is 2.75. The van der Waals surface area contributed by atoms with Crippen LogP contribution in [0.5, 0.6) is 5.75 Å². The summed E-state index contributed by atoms with van der Waals surface area (Å²) in [5.74, 6) is 2.01. The molecule has 0 radical (unpaired) electrons. The summed E-state index contributed by atoms with van der Waals surface area (Å²) in [5, 5.41) is 3.95. The maximum absolute atomic E-state index is 6.18. The number of anilines is 3. The van der Waals surface area contributed by atoms with E-state index in [0.29, 0.717) is 22.5 Å². The van der Waals surface area contributed by atoms with Crippen LogP contribution >= 0.6 is 11.6 Å². The first-order valence-corrected chi connectivity index (χ1v) is 8.99. The van der Waals surface area contributed by atoms with Crippen LogP contribution in [0.15, 0.2) is 48.9 Å². The van der Waals surface area contributed by atoms with E-state index in [1.54, 1.807) is 31.8 Å². The zero-order valence-electron chi connectivity index (χ0n) is 15.6. The van der Waals surface area contributed by atoms with Gasteiger partial charge in [-0.15, -0.1) is 0 Å². The number of ether oxygens (including phenoxy) is 1. The van der Waals surface area contributed by atoms with Crippen LogP contribution in [0.25, 0.3) is 0 Å². The van der Waals surface area contributed by atoms with Gasteiger partial charge in [0, 0.05) is 43.3 Å². The SMILES string of the molecule is COc1cc(Cl)c(C)cc1Nc1ccnc(N(C)CCc2ccncc2)n1. The molecule has 1 aromatic carbocycles. The Bertz CT molecular complexity index is 904. The second-order valence-corrected chi connectivity index (χ2v) is 6.60. The monoisotopic (exact) mass is 383 g/mol. The van der Waals surface area contributed by atoms with Crippen molar-refractivity contribution in [2.24, 2.45) is 0 Å². The average Bonchev–Trinajstić information content (AvgIpc) is 2.69. The van der Waals surface area contributed by atoms with Gasteiger partial charge in [-0.05, 0) is 48.7 Å². The normalized spacial score (nSPS) is 10.5. The Hall–Kier alpha value is -2.86. The van der Waals surface area contributed by atoms with Gasteiger partial charge in [0.2, 0.25) is 5.95 Å². The van der Waals surface area contributed by atoms with Crippen LogP contribution < -0.4 is 15.0 Å². The summed E-state index contributed by atoms with van der Waals surface area (Å²) in [6, 6.07) is 9.59. The minimum atomic E-state index is 0.652. The van der Waals surface area contributed by atoms with Crippen molar-refractivity contribution < 1.29 is 4.74 Å². The number of benzene rings is 1. The Labute approximate surface area is 164 Å². The van der Waals surface area contributed by atoms with Crippen LogP contribution in [0.2, 0.25) is 5.02 Å². The maximum Gasteiger partial charge on any atom is 0.227 e. The number of aryl methyl sites for hydroxylation is 1. The number of aromatic nitrogens is 3. The van der Waals surface area contributed by atoms with Crippen molar-refractivity contribution in [3.63, 3.8) is 0 Å². The molecule has 0 aliphatic rings. The Morgan fingerprint density at radius 1 is 1.15 bits per heavy atom. The van der Waals surface area contributed by atoms with Crippen molar-refractivity contribution in [3.05, 3.63) is 65.1 Å². The highest BCUT2D eigenvalue weighted by molar-refractivity contribution is 6.31. The third-order valence-electron chi connectivity index (χ3n) is 4.21. The molecule has 27 heavy (non-hydrogen) atoms. The predicted octanol–water partition coefficient (Wildman–Crippen LogP) is 4.26. The van der Waals surface area contributed by atoms with Gasteiger partial charge in [-0.1, -0.05) is 11.6 Å². The van der Waals surface area contributed by atoms with Gasteiger partial charge in [-0.25, -0.2) is 4.98 Å². The molecule has 0 spiro atoms. The fraction of sp³-hybridized carbons (Fsp3) is 0.250. The quantitative estimate of drug-likeness (QED) is 0.657. The van der Waals surface area contributed by atoms with Gasteiger partial charge in [-0.2, -0.15) is 4.98 Å². The molecule has 0 aliphatic carbocycles. The fourth-order valence-electron chi connectivity index (χ4n) is 2.62. The molecule has 1 N–H and O–H groups in total. The summed E-state index contributed by atoms with van der Waals surface area (Å²) >= 11 is 6.18. The predicted molar refractivity (Wildman–Crippen MR) is 109 cm³/mol. The molecular weight excluding hydrogens is 362 g/mol. The Morgan fingerprint density at radius 2 is 1.93 bits per heavy atom. The lowest BCUT2D eigenvalue weighted by molar-refractivity contribution is 0.416. The van der Waals surface area contributed by atoms with Crippen molar-refractivity contribution in [3.8, 4) is 5.75 Å². The topological polar surface area (TPSA) is 63.2 Å². The third-order valence-corrected chi connectivity index (χ3v) is 4.62. The average molecular weight is 384 g/mol. The Balaban J connectivity index is 1.73. The van der Waals surface area contributed by atoms with E-state index in [4.69, 9.17) is 16.3 Å². The summed E-state index contributed by atoms with van der Waals surface area (Å²) in [6.07, 6.45) is 6.24. The molecule has 0 unspecified atom stereocenters. The minimum absolute atomic E-state index is 0.652. The first-order chi connectivity index (χ1) is 13.1. The van der Waals surface area contributed by atoms with Crippen molar-refractivity contribution in [2.45, 2.75) is 13.3 Å². The molecule has 140 valence electrons. The molecule has 0 bridgehead atoms. The van der Waals surface area contributed by atoms with Gasteiger partial charge in [0.25, 0.3) is 0 Å². The van der Waals surface area contributed by atoms with Crippen molar-refractivity contribution in [1.82, 2.24) is 15.0 Å². The molecule has 0 aliphatic heterocycles. The van der Waals surface area contributed by atoms with Gasteiger partial charge < -0.3 is 15.0 Å². The molecule has 0 saturated carbocycles. The van der Waals surface area contributed by atoms with Gasteiger partial charge in [0.05, 0.1) is 12.8 Å². The zero-order valence-corrected chi connectivity index (χ0v) is 16.4. The van der Waals surface area contributed by atoms with Crippen molar-refractivity contribution >= 4 is 29.1 Å². The minimum Gasteiger partial charge on any atom is -0.495 e. The fourth-order valence-corrected chi connectivity index (χ4v) is 2.77. The van der Waals surface area contributed by atoms with Gasteiger partial charge in [-0.3, -0.25) is 4.98 Å². The lowest BCUT2D eigenvalue weighted by Gasteiger charge is -2.18. The van der Waals surface area contributed by atoms with Crippen LogP contribution in [0.4, 0.5) is 17.5 Å². The van der Waals surface area contributed by atoms with Gasteiger partial charge in [0.15, 0.2) is 0 Å². The van der Waals surface area contributed by atoms with Crippen LogP contribution in [0.3, 0.4) is 0 Å². The van der Waals surface area contributed by atoms with Crippen LogP contribution in [-0.4, -0.2) is 35.7 Å². The lowest BCUT2D eigenvalue weighted by atomic mass is 10.2. The molecule has 2 heterocycles. The van der Waals surface area contributed by atoms with E-state index in [2.05, 4.69) is 20.3 Å². The number of rotatable bonds is 7. The molecule has 6 nitrogen and oxygen atoms in total. The first-order valence-electron chi connectivity index (χ1n) is 8.61. The maximum atomic E-state index is 6.18. The molecule has 0 fully saturated rings. The highest BCUT2D eigenvalue weighted by Crippen LogP contribution is 2.32. The molecule has 7 heteroatoms. The number of methoxy groups -OCH3 is 1.